The lowest BCUT2D eigenvalue weighted by molar-refractivity contribution is -0.118. The van der Waals surface area contributed by atoms with Crippen molar-refractivity contribution in [3.05, 3.63) is 60.0 Å². The van der Waals surface area contributed by atoms with Crippen LogP contribution in [0.25, 0.3) is 11.4 Å². The van der Waals surface area contributed by atoms with E-state index in [-0.39, 0.29) is 31.0 Å². The highest BCUT2D eigenvalue weighted by molar-refractivity contribution is 5.92. The Bertz CT molecular complexity index is 1020. The van der Waals surface area contributed by atoms with E-state index in [4.69, 9.17) is 14.2 Å². The summed E-state index contributed by atoms with van der Waals surface area (Å²) in [7, 11) is 0. The molecule has 0 atom stereocenters. The van der Waals surface area contributed by atoms with Crippen molar-refractivity contribution in [1.29, 1.82) is 0 Å². The van der Waals surface area contributed by atoms with Gasteiger partial charge in [0, 0.05) is 29.1 Å². The molecule has 2 heterocycles. The molecule has 1 aliphatic heterocycles. The molecule has 28 heavy (non-hydrogen) atoms. The van der Waals surface area contributed by atoms with Crippen LogP contribution in [0.4, 0.5) is 10.1 Å². The van der Waals surface area contributed by atoms with E-state index in [2.05, 4.69) is 15.3 Å². The van der Waals surface area contributed by atoms with Crippen LogP contribution in [0, 0.1) is 12.7 Å². The minimum absolute atomic E-state index is 0.166. The second-order valence-electron chi connectivity index (χ2n) is 6.08. The summed E-state index contributed by atoms with van der Waals surface area (Å²) in [6.07, 6.45) is 0. The largest absolute Gasteiger partial charge is 0.467 e. The minimum atomic E-state index is -0.349. The zero-order chi connectivity index (χ0) is 19.5. The molecule has 0 fully saturated rings. The van der Waals surface area contributed by atoms with E-state index in [0.29, 0.717) is 34.3 Å². The van der Waals surface area contributed by atoms with E-state index in [1.54, 1.807) is 43.3 Å². The molecule has 1 aromatic heterocycles. The Balaban J connectivity index is 1.41. The van der Waals surface area contributed by atoms with Gasteiger partial charge in [0.15, 0.2) is 23.9 Å². The Labute approximate surface area is 160 Å². The number of fused-ring (bicyclic) bond motifs is 1. The first-order valence-electron chi connectivity index (χ1n) is 8.51. The fourth-order valence-corrected chi connectivity index (χ4v) is 2.65. The van der Waals surface area contributed by atoms with Crippen LogP contribution in [-0.4, -0.2) is 29.3 Å². The Morgan fingerprint density at radius 3 is 2.71 bits per heavy atom. The normalized spacial score (nSPS) is 11.9. The number of halogens is 1. The number of carbonyl (C=O) groups excluding carboxylic acids is 1. The number of hydrogen-bond donors (Lipinski definition) is 1. The zero-order valence-corrected chi connectivity index (χ0v) is 14.9. The molecular formula is C20H16FN3O4. The number of carbonyl (C=O) groups is 1. The van der Waals surface area contributed by atoms with E-state index in [1.165, 1.54) is 12.1 Å². The Morgan fingerprint density at radius 1 is 1.11 bits per heavy atom. The number of ether oxygens (including phenoxy) is 3. The molecular weight excluding hydrogens is 365 g/mol. The number of nitrogens with zero attached hydrogens (tertiary/aromatic N) is 2. The second-order valence-corrected chi connectivity index (χ2v) is 6.08. The van der Waals surface area contributed by atoms with Gasteiger partial charge in [-0.3, -0.25) is 4.79 Å². The number of benzene rings is 2. The third-order valence-corrected chi connectivity index (χ3v) is 3.94. The molecule has 0 aliphatic carbocycles. The van der Waals surface area contributed by atoms with E-state index >= 15 is 0 Å². The molecule has 0 saturated heterocycles. The van der Waals surface area contributed by atoms with Crippen molar-refractivity contribution < 1.29 is 23.4 Å². The van der Waals surface area contributed by atoms with Gasteiger partial charge in [0.2, 0.25) is 12.7 Å². The summed E-state index contributed by atoms with van der Waals surface area (Å²) in [5, 5.41) is 2.72. The molecule has 4 rings (SSSR count). The van der Waals surface area contributed by atoms with Crippen molar-refractivity contribution >= 4 is 11.6 Å². The maximum absolute atomic E-state index is 13.1. The number of aromatic nitrogens is 2. The number of nitrogens with one attached hydrogen (secondary N) is 1. The Kier molecular flexibility index (Phi) is 4.76. The van der Waals surface area contributed by atoms with E-state index in [9.17, 15) is 9.18 Å². The molecule has 7 nitrogen and oxygen atoms in total. The molecule has 1 N–H and O–H groups in total. The van der Waals surface area contributed by atoms with Crippen LogP contribution in [0.3, 0.4) is 0 Å². The van der Waals surface area contributed by atoms with E-state index < -0.39 is 0 Å². The first-order valence-corrected chi connectivity index (χ1v) is 8.51. The third kappa shape index (κ3) is 4.01. The predicted molar refractivity (Wildman–Crippen MR) is 98.9 cm³/mol. The lowest BCUT2D eigenvalue weighted by Crippen LogP contribution is -2.20. The van der Waals surface area contributed by atoms with Crippen molar-refractivity contribution in [3.8, 4) is 28.8 Å². The zero-order valence-electron chi connectivity index (χ0n) is 14.9. The van der Waals surface area contributed by atoms with Crippen LogP contribution in [-0.2, 0) is 4.79 Å². The summed E-state index contributed by atoms with van der Waals surface area (Å²) < 4.78 is 29.1. The van der Waals surface area contributed by atoms with Gasteiger partial charge in [-0.15, -0.1) is 0 Å². The third-order valence-electron chi connectivity index (χ3n) is 3.94. The van der Waals surface area contributed by atoms with Gasteiger partial charge in [0.1, 0.15) is 5.82 Å². The van der Waals surface area contributed by atoms with Gasteiger partial charge in [0.25, 0.3) is 5.91 Å². The monoisotopic (exact) mass is 381 g/mol. The summed E-state index contributed by atoms with van der Waals surface area (Å²) in [6, 6.07) is 12.6. The van der Waals surface area contributed by atoms with Gasteiger partial charge in [-0.1, -0.05) is 0 Å². The molecule has 142 valence electrons. The molecule has 2 aromatic carbocycles. The second kappa shape index (κ2) is 7.51. The van der Waals surface area contributed by atoms with Crippen LogP contribution in [0.2, 0.25) is 0 Å². The molecule has 1 aliphatic rings. The lowest BCUT2D eigenvalue weighted by atomic mass is 10.2. The highest BCUT2D eigenvalue weighted by atomic mass is 19.1. The number of aryl methyl sites for hydroxylation is 1. The first-order chi connectivity index (χ1) is 13.6. The summed E-state index contributed by atoms with van der Waals surface area (Å²) in [6.45, 7) is 1.72. The van der Waals surface area contributed by atoms with Gasteiger partial charge in [-0.05, 0) is 43.3 Å². The van der Waals surface area contributed by atoms with Gasteiger partial charge in [-0.25, -0.2) is 9.37 Å². The van der Waals surface area contributed by atoms with Crippen molar-refractivity contribution in [3.63, 3.8) is 0 Å². The topological polar surface area (TPSA) is 82.6 Å². The molecule has 0 bridgehead atoms. The van der Waals surface area contributed by atoms with E-state index in [0.717, 1.165) is 0 Å². The maximum Gasteiger partial charge on any atom is 0.262 e. The highest BCUT2D eigenvalue weighted by Crippen LogP contribution is 2.34. The number of hydrogen-bond acceptors (Lipinski definition) is 6. The van der Waals surface area contributed by atoms with Crippen LogP contribution < -0.4 is 19.5 Å². The van der Waals surface area contributed by atoms with Crippen LogP contribution in [0.1, 0.15) is 5.69 Å². The van der Waals surface area contributed by atoms with Crippen molar-refractivity contribution in [2.24, 2.45) is 0 Å². The molecule has 0 unspecified atom stereocenters. The smallest absolute Gasteiger partial charge is 0.262 e. The first kappa shape index (κ1) is 17.7. The van der Waals surface area contributed by atoms with Gasteiger partial charge >= 0.3 is 0 Å². The van der Waals surface area contributed by atoms with E-state index in [1.807, 2.05) is 0 Å². The van der Waals surface area contributed by atoms with Crippen molar-refractivity contribution in [2.75, 3.05) is 18.7 Å². The average molecular weight is 381 g/mol. The maximum atomic E-state index is 13.1. The molecule has 1 amide bonds. The molecule has 0 saturated carbocycles. The van der Waals surface area contributed by atoms with Gasteiger partial charge < -0.3 is 19.5 Å². The molecule has 0 radical (unpaired) electrons. The van der Waals surface area contributed by atoms with Crippen LogP contribution >= 0.6 is 0 Å². The predicted octanol–water partition coefficient (Wildman–Crippen LogP) is 3.34. The fourth-order valence-electron chi connectivity index (χ4n) is 2.65. The number of amides is 1. The van der Waals surface area contributed by atoms with Gasteiger partial charge in [0.05, 0.1) is 0 Å². The summed E-state index contributed by atoms with van der Waals surface area (Å²) in [5.74, 6) is 1.18. The summed E-state index contributed by atoms with van der Waals surface area (Å²) in [4.78, 5) is 20.8. The molecule has 3 aromatic rings. The lowest BCUT2D eigenvalue weighted by Gasteiger charge is -2.09. The van der Waals surface area contributed by atoms with Crippen LogP contribution in [0.5, 0.6) is 17.4 Å². The quantitative estimate of drug-likeness (QED) is 0.730. The highest BCUT2D eigenvalue weighted by Gasteiger charge is 2.14. The summed E-state index contributed by atoms with van der Waals surface area (Å²) >= 11 is 0. The Hall–Kier alpha value is -3.68. The Morgan fingerprint density at radius 2 is 1.89 bits per heavy atom. The number of anilines is 1. The fraction of sp³-hybridized carbons (Fsp3) is 0.150. The minimum Gasteiger partial charge on any atom is -0.467 e. The van der Waals surface area contributed by atoms with Crippen molar-refractivity contribution in [1.82, 2.24) is 9.97 Å². The molecule has 0 spiro atoms. The van der Waals surface area contributed by atoms with Crippen molar-refractivity contribution in [2.45, 2.75) is 6.92 Å². The number of rotatable bonds is 5. The average Bonchev–Trinajstić information content (AvgIpc) is 3.14. The van der Waals surface area contributed by atoms with Crippen LogP contribution in [0.15, 0.2) is 48.5 Å². The summed E-state index contributed by atoms with van der Waals surface area (Å²) in [5.41, 5.74) is 1.89. The molecule has 8 heteroatoms. The standard InChI is InChI=1S/C20H16FN3O4/c1-12-8-19(24-20(22-12)13-2-4-14(21)5-3-13)26-10-18(25)23-15-6-7-16-17(9-15)28-11-27-16/h2-9H,10-11H2,1H3,(H,23,25). The van der Waals surface area contributed by atoms with Gasteiger partial charge in [-0.2, -0.15) is 4.98 Å². The SMILES string of the molecule is Cc1cc(OCC(=O)Nc2ccc3c(c2)OCO3)nc(-c2ccc(F)cc2)n1.